The summed E-state index contributed by atoms with van der Waals surface area (Å²) in [6.07, 6.45) is 9.32. The average Bonchev–Trinajstić information content (AvgIpc) is 2.97. The van der Waals surface area contributed by atoms with Gasteiger partial charge in [0.05, 0.1) is 0 Å². The number of hydrogen-bond donors (Lipinski definition) is 1. The minimum absolute atomic E-state index is 0.0337. The Morgan fingerprint density at radius 2 is 1.88 bits per heavy atom. The van der Waals surface area contributed by atoms with E-state index in [1.54, 1.807) is 12.2 Å². The van der Waals surface area contributed by atoms with Crippen molar-refractivity contribution in [2.75, 3.05) is 6.54 Å². The summed E-state index contributed by atoms with van der Waals surface area (Å²) < 4.78 is 0. The van der Waals surface area contributed by atoms with Crippen molar-refractivity contribution in [1.82, 2.24) is 5.32 Å². The van der Waals surface area contributed by atoms with Gasteiger partial charge in [-0.1, -0.05) is 74.5 Å². The maximum Gasteiger partial charge on any atom is 0.243 e. The molecule has 2 nitrogen and oxygen atoms in total. The predicted molar refractivity (Wildman–Crippen MR) is 105 cm³/mol. The van der Waals surface area contributed by atoms with Crippen molar-refractivity contribution in [3.63, 3.8) is 0 Å². The highest BCUT2D eigenvalue weighted by Crippen LogP contribution is 2.36. The normalized spacial score (nSPS) is 12.8. The molecule has 1 N–H and O–H groups in total. The molecule has 0 saturated heterocycles. The van der Waals surface area contributed by atoms with Crippen LogP contribution in [0.5, 0.6) is 0 Å². The Kier molecular flexibility index (Phi) is 5.49. The molecule has 2 aromatic carbocycles. The van der Waals surface area contributed by atoms with Gasteiger partial charge < -0.3 is 5.32 Å². The zero-order valence-corrected chi connectivity index (χ0v) is 15.0. The van der Waals surface area contributed by atoms with Crippen LogP contribution in [0.2, 0.25) is 0 Å². The van der Waals surface area contributed by atoms with E-state index < -0.39 is 0 Å². The molecule has 1 aliphatic rings. The summed E-state index contributed by atoms with van der Waals surface area (Å²) in [7, 11) is 0. The van der Waals surface area contributed by atoms with E-state index in [4.69, 9.17) is 0 Å². The van der Waals surface area contributed by atoms with Gasteiger partial charge in [0, 0.05) is 12.6 Å². The van der Waals surface area contributed by atoms with Gasteiger partial charge in [0.2, 0.25) is 5.91 Å². The summed E-state index contributed by atoms with van der Waals surface area (Å²) in [6, 6.07) is 15.4. The smallest absolute Gasteiger partial charge is 0.243 e. The van der Waals surface area contributed by atoms with Crippen molar-refractivity contribution in [2.24, 2.45) is 5.92 Å². The number of amides is 1. The summed E-state index contributed by atoms with van der Waals surface area (Å²) in [4.78, 5) is 11.6. The minimum Gasteiger partial charge on any atom is -0.352 e. The van der Waals surface area contributed by atoms with Crippen LogP contribution in [-0.2, 0) is 17.6 Å². The second-order valence-corrected chi connectivity index (χ2v) is 6.96. The Balaban J connectivity index is 1.55. The number of hydrogen-bond acceptors (Lipinski definition) is 1. The fraction of sp³-hybridized carbons (Fsp3) is 0.261. The van der Waals surface area contributed by atoms with E-state index in [0.717, 1.165) is 12.8 Å². The maximum absolute atomic E-state index is 11.6. The number of rotatable bonds is 6. The lowest BCUT2D eigenvalue weighted by molar-refractivity contribution is -0.116. The summed E-state index contributed by atoms with van der Waals surface area (Å²) in [6.45, 7) is 4.88. The highest BCUT2D eigenvalue weighted by molar-refractivity contribution is 5.87. The maximum atomic E-state index is 11.6. The van der Waals surface area contributed by atoms with Gasteiger partial charge in [-0.3, -0.25) is 4.79 Å². The molecule has 1 amide bonds. The third-order valence-electron chi connectivity index (χ3n) is 4.39. The molecule has 0 aromatic heterocycles. The Morgan fingerprint density at radius 3 is 2.72 bits per heavy atom. The van der Waals surface area contributed by atoms with Crippen LogP contribution in [0.15, 0.2) is 66.8 Å². The van der Waals surface area contributed by atoms with Crippen LogP contribution >= 0.6 is 0 Å². The average molecular weight is 331 g/mol. The zero-order chi connectivity index (χ0) is 17.6. The van der Waals surface area contributed by atoms with Gasteiger partial charge in [-0.15, -0.1) is 0 Å². The standard InChI is InChI=1S/C23H25NO/c1-17(2)16-24-23(25)11-5-3-4-8-18-12-13-22-20(14-18)15-19-9-6-7-10-21(19)22/h3-7,9-14,17H,8,15-16H2,1-2H3,(H,24,25)/b4-3+,11-5+. The number of fused-ring (bicyclic) bond motifs is 3. The first-order valence-corrected chi connectivity index (χ1v) is 8.94. The SMILES string of the molecule is CC(C)CNC(=O)/C=C/C=C/Cc1ccc2c(c1)Cc1ccccc1-2. The number of nitrogens with one attached hydrogen (secondary N) is 1. The molecule has 0 aliphatic heterocycles. The van der Waals surface area contributed by atoms with E-state index in [2.05, 4.69) is 67.7 Å². The van der Waals surface area contributed by atoms with E-state index >= 15 is 0 Å². The molecule has 0 radical (unpaired) electrons. The largest absolute Gasteiger partial charge is 0.352 e. The Labute approximate surface area is 150 Å². The molecule has 0 bridgehead atoms. The molecule has 3 rings (SSSR count). The summed E-state index contributed by atoms with van der Waals surface area (Å²) >= 11 is 0. The van der Waals surface area contributed by atoms with Crippen molar-refractivity contribution < 1.29 is 4.79 Å². The van der Waals surface area contributed by atoms with Crippen molar-refractivity contribution >= 4 is 5.91 Å². The van der Waals surface area contributed by atoms with Gasteiger partial charge in [-0.2, -0.15) is 0 Å². The monoisotopic (exact) mass is 331 g/mol. The van der Waals surface area contributed by atoms with Crippen LogP contribution < -0.4 is 5.32 Å². The van der Waals surface area contributed by atoms with Gasteiger partial charge in [0.25, 0.3) is 0 Å². The molecule has 0 fully saturated rings. The van der Waals surface area contributed by atoms with Crippen LogP contribution in [0.1, 0.15) is 30.5 Å². The number of benzene rings is 2. The highest BCUT2D eigenvalue weighted by Gasteiger charge is 2.17. The molecule has 25 heavy (non-hydrogen) atoms. The van der Waals surface area contributed by atoms with Gasteiger partial charge in [0.1, 0.15) is 0 Å². The lowest BCUT2D eigenvalue weighted by Crippen LogP contribution is -2.25. The van der Waals surface area contributed by atoms with Crippen LogP contribution in [-0.4, -0.2) is 12.5 Å². The predicted octanol–water partition coefficient (Wildman–Crippen LogP) is 4.68. The number of allylic oxidation sites excluding steroid dienone is 3. The highest BCUT2D eigenvalue weighted by atomic mass is 16.1. The van der Waals surface area contributed by atoms with E-state index in [-0.39, 0.29) is 5.91 Å². The van der Waals surface area contributed by atoms with Crippen molar-refractivity contribution in [3.05, 3.63) is 83.5 Å². The Bertz CT molecular complexity index is 815. The first-order valence-electron chi connectivity index (χ1n) is 8.94. The molecule has 0 spiro atoms. The third kappa shape index (κ3) is 4.48. The molecule has 0 saturated carbocycles. The minimum atomic E-state index is -0.0337. The number of carbonyl (C=O) groups excluding carboxylic acids is 1. The zero-order valence-electron chi connectivity index (χ0n) is 15.0. The molecule has 0 atom stereocenters. The van der Waals surface area contributed by atoms with Crippen LogP contribution in [0.4, 0.5) is 0 Å². The van der Waals surface area contributed by atoms with E-state index in [1.165, 1.54) is 27.8 Å². The first-order chi connectivity index (χ1) is 12.1. The summed E-state index contributed by atoms with van der Waals surface area (Å²) in [5, 5.41) is 2.87. The quantitative estimate of drug-likeness (QED) is 0.515. The van der Waals surface area contributed by atoms with Gasteiger partial charge >= 0.3 is 0 Å². The van der Waals surface area contributed by atoms with Crippen molar-refractivity contribution in [2.45, 2.75) is 26.7 Å². The van der Waals surface area contributed by atoms with Gasteiger partial charge in [-0.25, -0.2) is 0 Å². The first kappa shape index (κ1) is 17.2. The lowest BCUT2D eigenvalue weighted by Gasteiger charge is -2.04. The number of carbonyl (C=O) groups is 1. The summed E-state index contributed by atoms with van der Waals surface area (Å²) in [5.41, 5.74) is 6.87. The topological polar surface area (TPSA) is 29.1 Å². The van der Waals surface area contributed by atoms with Gasteiger partial charge in [-0.05, 0) is 46.6 Å². The van der Waals surface area contributed by atoms with Crippen LogP contribution in [0.25, 0.3) is 11.1 Å². The molecular weight excluding hydrogens is 306 g/mol. The van der Waals surface area contributed by atoms with Crippen LogP contribution in [0, 0.1) is 5.92 Å². The molecular formula is C23H25NO. The molecule has 0 unspecified atom stereocenters. The van der Waals surface area contributed by atoms with E-state index in [1.807, 2.05) is 6.08 Å². The lowest BCUT2D eigenvalue weighted by atomic mass is 10.0. The van der Waals surface area contributed by atoms with Gasteiger partial charge in [0.15, 0.2) is 0 Å². The fourth-order valence-corrected chi connectivity index (χ4v) is 3.11. The Morgan fingerprint density at radius 1 is 1.08 bits per heavy atom. The molecule has 1 aliphatic carbocycles. The molecule has 2 heteroatoms. The fourth-order valence-electron chi connectivity index (χ4n) is 3.11. The molecule has 128 valence electrons. The van der Waals surface area contributed by atoms with Crippen LogP contribution in [0.3, 0.4) is 0 Å². The van der Waals surface area contributed by atoms with E-state index in [0.29, 0.717) is 12.5 Å². The molecule has 0 heterocycles. The van der Waals surface area contributed by atoms with Crippen molar-refractivity contribution in [1.29, 1.82) is 0 Å². The second-order valence-electron chi connectivity index (χ2n) is 6.96. The second kappa shape index (κ2) is 7.98. The Hall–Kier alpha value is -2.61. The third-order valence-corrected chi connectivity index (χ3v) is 4.39. The molecule has 2 aromatic rings. The van der Waals surface area contributed by atoms with Crippen molar-refractivity contribution in [3.8, 4) is 11.1 Å². The van der Waals surface area contributed by atoms with E-state index in [9.17, 15) is 4.79 Å². The summed E-state index contributed by atoms with van der Waals surface area (Å²) in [5.74, 6) is 0.437.